The van der Waals surface area contributed by atoms with Gasteiger partial charge in [-0.15, -0.1) is 0 Å². The number of benzene rings is 1. The van der Waals surface area contributed by atoms with Gasteiger partial charge < -0.3 is 9.53 Å². The molecule has 122 valence electrons. The van der Waals surface area contributed by atoms with Gasteiger partial charge in [-0.3, -0.25) is 0 Å². The fraction of sp³-hybridized carbons (Fsp3) is 0.471. The highest BCUT2D eigenvalue weighted by atomic mass is 19.4. The number of rotatable bonds is 7. The third kappa shape index (κ3) is 5.20. The van der Waals surface area contributed by atoms with Crippen LogP contribution in [0.3, 0.4) is 0 Å². The molecule has 5 heteroatoms. The Kier molecular flexibility index (Phi) is 5.80. The van der Waals surface area contributed by atoms with E-state index in [1.54, 1.807) is 0 Å². The van der Waals surface area contributed by atoms with Crippen molar-refractivity contribution in [1.82, 2.24) is 0 Å². The van der Waals surface area contributed by atoms with E-state index in [1.165, 1.54) is 12.1 Å². The van der Waals surface area contributed by atoms with Crippen molar-refractivity contribution >= 4 is 6.29 Å². The van der Waals surface area contributed by atoms with Gasteiger partial charge in [0.1, 0.15) is 17.6 Å². The maximum Gasteiger partial charge on any atom is 0.416 e. The van der Waals surface area contributed by atoms with E-state index < -0.39 is 23.3 Å². The molecule has 0 aliphatic rings. The van der Waals surface area contributed by atoms with Gasteiger partial charge >= 0.3 is 6.18 Å². The van der Waals surface area contributed by atoms with E-state index in [9.17, 15) is 18.0 Å². The molecule has 0 saturated heterocycles. The second-order valence-corrected chi connectivity index (χ2v) is 5.82. The zero-order chi connectivity index (χ0) is 17.0. The van der Waals surface area contributed by atoms with E-state index in [-0.39, 0.29) is 6.42 Å². The van der Waals surface area contributed by atoms with Crippen LogP contribution in [-0.2, 0) is 22.1 Å². The number of carbonyl (C=O) groups excluding carboxylic acids is 1. The minimum Gasteiger partial charge on any atom is -0.492 e. The van der Waals surface area contributed by atoms with Gasteiger partial charge in [0, 0.05) is 0 Å². The largest absolute Gasteiger partial charge is 0.492 e. The molecule has 0 bridgehead atoms. The molecule has 1 rings (SSSR count). The van der Waals surface area contributed by atoms with E-state index in [4.69, 9.17) is 4.74 Å². The number of halogens is 3. The number of hydrogen-bond donors (Lipinski definition) is 0. The van der Waals surface area contributed by atoms with Gasteiger partial charge in [0.2, 0.25) is 0 Å². The van der Waals surface area contributed by atoms with Gasteiger partial charge in [-0.25, -0.2) is 0 Å². The molecule has 2 nitrogen and oxygen atoms in total. The predicted octanol–water partition coefficient (Wildman–Crippen LogP) is 4.78. The predicted molar refractivity (Wildman–Crippen MR) is 79.3 cm³/mol. The quantitative estimate of drug-likeness (QED) is 0.535. The normalized spacial score (nSPS) is 13.5. The number of ether oxygens (including phenoxy) is 1. The van der Waals surface area contributed by atoms with E-state index in [2.05, 4.69) is 6.58 Å². The first-order chi connectivity index (χ1) is 10.1. The van der Waals surface area contributed by atoms with Gasteiger partial charge in [0.25, 0.3) is 0 Å². The molecule has 1 aromatic carbocycles. The van der Waals surface area contributed by atoms with Crippen molar-refractivity contribution < 1.29 is 22.7 Å². The smallest absolute Gasteiger partial charge is 0.416 e. The fourth-order valence-corrected chi connectivity index (χ4v) is 1.82. The second-order valence-electron chi connectivity index (χ2n) is 5.82. The number of aldehydes is 1. The van der Waals surface area contributed by atoms with Crippen LogP contribution in [0.2, 0.25) is 0 Å². The first kappa shape index (κ1) is 18.3. The van der Waals surface area contributed by atoms with Crippen LogP contribution in [0.15, 0.2) is 36.6 Å². The van der Waals surface area contributed by atoms with Gasteiger partial charge in [0.05, 0.1) is 11.5 Å². The van der Waals surface area contributed by atoms with Gasteiger partial charge in [-0.05, 0) is 44.4 Å². The zero-order valence-electron chi connectivity index (χ0n) is 13.0. The third-order valence-corrected chi connectivity index (χ3v) is 3.57. The van der Waals surface area contributed by atoms with Crippen molar-refractivity contribution in [2.75, 3.05) is 0 Å². The SMILES string of the molecule is C=C(OC(C)(C)CC)C(C=O)Cc1ccc(C(F)(F)F)cc1. The van der Waals surface area contributed by atoms with Crippen LogP contribution >= 0.6 is 0 Å². The number of allylic oxidation sites excluding steroid dienone is 1. The van der Waals surface area contributed by atoms with Crippen molar-refractivity contribution in [3.8, 4) is 0 Å². The van der Waals surface area contributed by atoms with Crippen LogP contribution in [0.5, 0.6) is 0 Å². The minimum atomic E-state index is -4.36. The first-order valence-electron chi connectivity index (χ1n) is 7.08. The molecule has 0 saturated carbocycles. The minimum absolute atomic E-state index is 0.264. The Hall–Kier alpha value is -1.78. The summed E-state index contributed by atoms with van der Waals surface area (Å²) in [7, 11) is 0. The molecule has 0 heterocycles. The highest BCUT2D eigenvalue weighted by molar-refractivity contribution is 5.58. The number of hydrogen-bond acceptors (Lipinski definition) is 2. The summed E-state index contributed by atoms with van der Waals surface area (Å²) in [5.74, 6) is -0.246. The van der Waals surface area contributed by atoms with Crippen LogP contribution in [0, 0.1) is 5.92 Å². The van der Waals surface area contributed by atoms with Gasteiger partial charge in [-0.1, -0.05) is 25.6 Å². The van der Waals surface area contributed by atoms with Crippen molar-refractivity contribution in [2.24, 2.45) is 5.92 Å². The third-order valence-electron chi connectivity index (χ3n) is 3.57. The fourth-order valence-electron chi connectivity index (χ4n) is 1.82. The Balaban J connectivity index is 2.78. The molecule has 0 aromatic heterocycles. The van der Waals surface area contributed by atoms with E-state index in [0.717, 1.165) is 18.6 Å². The number of alkyl halides is 3. The lowest BCUT2D eigenvalue weighted by Crippen LogP contribution is -2.26. The monoisotopic (exact) mass is 314 g/mol. The lowest BCUT2D eigenvalue weighted by atomic mass is 9.97. The van der Waals surface area contributed by atoms with Crippen LogP contribution in [0.4, 0.5) is 13.2 Å². The molecule has 1 aromatic rings. The molecule has 0 radical (unpaired) electrons. The molecule has 0 aliphatic heterocycles. The molecular formula is C17H21F3O2. The Morgan fingerprint density at radius 1 is 1.27 bits per heavy atom. The second kappa shape index (κ2) is 6.99. The maximum absolute atomic E-state index is 12.5. The first-order valence-corrected chi connectivity index (χ1v) is 7.08. The van der Waals surface area contributed by atoms with Crippen LogP contribution < -0.4 is 0 Å². The van der Waals surface area contributed by atoms with Crippen molar-refractivity contribution in [1.29, 1.82) is 0 Å². The molecule has 0 spiro atoms. The Bertz CT molecular complexity index is 516. The highest BCUT2D eigenvalue weighted by Gasteiger charge is 2.30. The average molecular weight is 314 g/mol. The molecule has 22 heavy (non-hydrogen) atoms. The summed E-state index contributed by atoms with van der Waals surface area (Å²) in [6.45, 7) is 9.51. The summed E-state index contributed by atoms with van der Waals surface area (Å²) in [4.78, 5) is 11.2. The molecule has 0 amide bonds. The number of carbonyl (C=O) groups is 1. The average Bonchev–Trinajstić information content (AvgIpc) is 2.43. The Morgan fingerprint density at radius 2 is 1.82 bits per heavy atom. The van der Waals surface area contributed by atoms with E-state index in [0.29, 0.717) is 17.6 Å². The van der Waals surface area contributed by atoms with E-state index in [1.807, 2.05) is 20.8 Å². The maximum atomic E-state index is 12.5. The summed E-state index contributed by atoms with van der Waals surface area (Å²) >= 11 is 0. The zero-order valence-corrected chi connectivity index (χ0v) is 13.0. The highest BCUT2D eigenvalue weighted by Crippen LogP contribution is 2.30. The molecule has 0 N–H and O–H groups in total. The molecule has 1 unspecified atom stereocenters. The Morgan fingerprint density at radius 3 is 2.23 bits per heavy atom. The topological polar surface area (TPSA) is 26.3 Å². The Labute approximate surface area is 129 Å². The van der Waals surface area contributed by atoms with Crippen molar-refractivity contribution in [3.05, 3.63) is 47.7 Å². The lowest BCUT2D eigenvalue weighted by Gasteiger charge is -2.28. The van der Waals surface area contributed by atoms with E-state index >= 15 is 0 Å². The van der Waals surface area contributed by atoms with Crippen LogP contribution in [0.25, 0.3) is 0 Å². The van der Waals surface area contributed by atoms with Gasteiger partial charge in [0.15, 0.2) is 0 Å². The van der Waals surface area contributed by atoms with Crippen LogP contribution in [0.1, 0.15) is 38.3 Å². The summed E-state index contributed by atoms with van der Waals surface area (Å²) in [6, 6.07) is 4.77. The van der Waals surface area contributed by atoms with Crippen molar-refractivity contribution in [3.63, 3.8) is 0 Å². The summed E-state index contributed by atoms with van der Waals surface area (Å²) in [6.07, 6.45) is -2.63. The molecule has 0 fully saturated rings. The molecule has 0 aliphatic carbocycles. The van der Waals surface area contributed by atoms with Crippen molar-refractivity contribution in [2.45, 2.75) is 45.4 Å². The van der Waals surface area contributed by atoms with Gasteiger partial charge in [-0.2, -0.15) is 13.2 Å². The lowest BCUT2D eigenvalue weighted by molar-refractivity contribution is -0.137. The summed E-state index contributed by atoms with van der Waals surface area (Å²) in [5.41, 5.74) is -0.511. The van der Waals surface area contributed by atoms with Crippen LogP contribution in [-0.4, -0.2) is 11.9 Å². The molecule has 1 atom stereocenters. The standard InChI is InChI=1S/C17H21F3O2/c1-5-16(3,4)22-12(2)14(11-21)10-13-6-8-15(9-7-13)17(18,19)20/h6-9,11,14H,2,5,10H2,1,3-4H3. The summed E-state index contributed by atoms with van der Waals surface area (Å²) in [5, 5.41) is 0. The molecular weight excluding hydrogens is 293 g/mol. The summed E-state index contributed by atoms with van der Waals surface area (Å²) < 4.78 is 43.2.